The zero-order chi connectivity index (χ0) is 17.2. The molecule has 2 rings (SSSR count). The van der Waals surface area contributed by atoms with E-state index in [0.717, 1.165) is 6.07 Å². The molecule has 0 fully saturated rings. The molecule has 1 aromatic heterocycles. The van der Waals surface area contributed by atoms with Gasteiger partial charge in [-0.15, -0.1) is 0 Å². The number of phenols is 1. The van der Waals surface area contributed by atoms with Gasteiger partial charge in [-0.05, 0) is 39.0 Å². The first-order valence-corrected chi connectivity index (χ1v) is 7.24. The van der Waals surface area contributed by atoms with Crippen LogP contribution in [0.3, 0.4) is 0 Å². The largest absolute Gasteiger partial charge is 0.507 e. The van der Waals surface area contributed by atoms with Gasteiger partial charge in [0.05, 0.1) is 5.02 Å². The van der Waals surface area contributed by atoms with E-state index in [-0.39, 0.29) is 39.0 Å². The smallest absolute Gasteiger partial charge is 0.145 e. The van der Waals surface area contributed by atoms with Crippen LogP contribution in [0, 0.1) is 5.82 Å². The summed E-state index contributed by atoms with van der Waals surface area (Å²) in [4.78, 5) is 4.08. The molecular formula is C16H17ClFN3O2. The molecule has 0 spiro atoms. The van der Waals surface area contributed by atoms with Crippen LogP contribution in [0.25, 0.3) is 0 Å². The van der Waals surface area contributed by atoms with Crippen molar-refractivity contribution in [1.82, 2.24) is 10.4 Å². The molecule has 2 aromatic rings. The van der Waals surface area contributed by atoms with Gasteiger partial charge in [0.25, 0.3) is 0 Å². The van der Waals surface area contributed by atoms with Crippen LogP contribution in [0.4, 0.5) is 4.39 Å². The second-order valence-electron chi connectivity index (χ2n) is 5.98. The van der Waals surface area contributed by atoms with Crippen LogP contribution < -0.4 is 5.43 Å². The lowest BCUT2D eigenvalue weighted by Crippen LogP contribution is -2.32. The molecule has 3 N–H and O–H groups in total. The predicted octanol–water partition coefficient (Wildman–Crippen LogP) is 3.43. The Bertz CT molecular complexity index is 757. The molecular weight excluding hydrogens is 321 g/mol. The zero-order valence-electron chi connectivity index (χ0n) is 12.9. The molecule has 0 unspecified atom stereocenters. The molecule has 0 aliphatic heterocycles. The lowest BCUT2D eigenvalue weighted by molar-refractivity contribution is 0.439. The van der Waals surface area contributed by atoms with Crippen molar-refractivity contribution in [3.63, 3.8) is 0 Å². The number of aromatic hydroxyl groups is 2. The Morgan fingerprint density at radius 3 is 2.57 bits per heavy atom. The summed E-state index contributed by atoms with van der Waals surface area (Å²) in [5.74, 6) is -1.23. The van der Waals surface area contributed by atoms with Crippen molar-refractivity contribution in [1.29, 1.82) is 0 Å². The van der Waals surface area contributed by atoms with Crippen molar-refractivity contribution < 1.29 is 14.6 Å². The van der Waals surface area contributed by atoms with Gasteiger partial charge in [-0.25, -0.2) is 4.39 Å². The van der Waals surface area contributed by atoms with Crippen LogP contribution in [-0.4, -0.2) is 26.4 Å². The van der Waals surface area contributed by atoms with Gasteiger partial charge in [-0.2, -0.15) is 5.10 Å². The fourth-order valence-corrected chi connectivity index (χ4v) is 1.93. The van der Waals surface area contributed by atoms with Gasteiger partial charge < -0.3 is 15.6 Å². The number of nitrogens with zero attached hydrogens (tertiary/aromatic N) is 2. The molecule has 0 saturated heterocycles. The second-order valence-corrected chi connectivity index (χ2v) is 6.38. The van der Waals surface area contributed by atoms with E-state index < -0.39 is 5.82 Å². The van der Waals surface area contributed by atoms with Crippen molar-refractivity contribution in [3.8, 4) is 11.5 Å². The number of benzene rings is 1. The highest BCUT2D eigenvalue weighted by Gasteiger charge is 2.20. The van der Waals surface area contributed by atoms with Crippen molar-refractivity contribution in [2.75, 3.05) is 0 Å². The molecule has 0 saturated carbocycles. The Kier molecular flexibility index (Phi) is 4.75. The van der Waals surface area contributed by atoms with E-state index in [1.807, 2.05) is 20.8 Å². The normalized spacial score (nSPS) is 12.3. The number of hydrogen-bond donors (Lipinski definition) is 3. The highest BCUT2D eigenvalue weighted by atomic mass is 35.5. The van der Waals surface area contributed by atoms with Gasteiger partial charge in [-0.1, -0.05) is 11.6 Å². The molecule has 0 atom stereocenters. The third-order valence-electron chi connectivity index (χ3n) is 2.81. The van der Waals surface area contributed by atoms with E-state index in [4.69, 9.17) is 11.6 Å². The number of nitrogens with one attached hydrogen (secondary N) is 1. The van der Waals surface area contributed by atoms with Crippen LogP contribution in [0.1, 0.15) is 32.0 Å². The minimum atomic E-state index is -0.749. The van der Waals surface area contributed by atoms with Crippen molar-refractivity contribution >= 4 is 17.3 Å². The molecule has 1 aromatic carbocycles. The Balaban J connectivity index is 2.64. The van der Waals surface area contributed by atoms with Crippen LogP contribution in [0.2, 0.25) is 5.02 Å². The molecule has 0 aliphatic rings. The fraction of sp³-hybridized carbons (Fsp3) is 0.250. The molecule has 5 nitrogen and oxygen atoms in total. The molecule has 23 heavy (non-hydrogen) atoms. The van der Waals surface area contributed by atoms with Gasteiger partial charge in [0.2, 0.25) is 0 Å². The lowest BCUT2D eigenvalue weighted by Gasteiger charge is -2.19. The van der Waals surface area contributed by atoms with E-state index in [1.165, 1.54) is 18.3 Å². The van der Waals surface area contributed by atoms with E-state index in [9.17, 15) is 14.6 Å². The van der Waals surface area contributed by atoms with E-state index in [2.05, 4.69) is 15.5 Å². The predicted molar refractivity (Wildman–Crippen MR) is 87.5 cm³/mol. The van der Waals surface area contributed by atoms with E-state index in [1.54, 1.807) is 6.07 Å². The van der Waals surface area contributed by atoms with Crippen molar-refractivity contribution in [2.24, 2.45) is 5.10 Å². The van der Waals surface area contributed by atoms with Gasteiger partial charge in [0.15, 0.2) is 0 Å². The lowest BCUT2D eigenvalue weighted by atomic mass is 10.0. The van der Waals surface area contributed by atoms with Crippen molar-refractivity contribution in [2.45, 2.75) is 26.3 Å². The Hall–Kier alpha value is -2.34. The van der Waals surface area contributed by atoms with Gasteiger partial charge >= 0.3 is 0 Å². The first kappa shape index (κ1) is 17.0. The molecule has 0 amide bonds. The molecule has 1 heterocycles. The summed E-state index contributed by atoms with van der Waals surface area (Å²) in [5.41, 5.74) is 2.98. The zero-order valence-corrected chi connectivity index (χ0v) is 13.7. The monoisotopic (exact) mass is 337 g/mol. The molecule has 0 aliphatic carbocycles. The number of pyridine rings is 1. The molecule has 7 heteroatoms. The fourth-order valence-electron chi connectivity index (χ4n) is 1.77. The first-order chi connectivity index (χ1) is 10.7. The minimum Gasteiger partial charge on any atom is -0.507 e. The number of rotatable bonds is 3. The van der Waals surface area contributed by atoms with E-state index >= 15 is 0 Å². The third-order valence-corrected chi connectivity index (χ3v) is 3.10. The minimum absolute atomic E-state index is 0.123. The van der Waals surface area contributed by atoms with Gasteiger partial charge in [-0.3, -0.25) is 4.98 Å². The molecule has 122 valence electrons. The topological polar surface area (TPSA) is 77.7 Å². The van der Waals surface area contributed by atoms with Crippen LogP contribution in [-0.2, 0) is 0 Å². The summed E-state index contributed by atoms with van der Waals surface area (Å²) < 4.78 is 13.5. The third kappa shape index (κ3) is 4.10. The maximum atomic E-state index is 13.5. The Morgan fingerprint density at radius 2 is 1.96 bits per heavy atom. The standard InChI is InChI=1S/C16H17ClFN3O2/c1-16(2,3)21-20-14(15-12(22)5-4-6-19-15)9-7-10(17)11(18)8-13(9)23/h4-8,21-23H,1-3H3/b20-14-. The number of halogens is 2. The number of phenolic OH excluding ortho intramolecular Hbond substituents is 1. The van der Waals surface area contributed by atoms with Crippen LogP contribution in [0.15, 0.2) is 35.6 Å². The first-order valence-electron chi connectivity index (χ1n) is 6.86. The number of hydrogen-bond acceptors (Lipinski definition) is 5. The summed E-state index contributed by atoms with van der Waals surface area (Å²) in [5, 5.41) is 24.1. The summed E-state index contributed by atoms with van der Waals surface area (Å²) >= 11 is 5.80. The Morgan fingerprint density at radius 1 is 1.26 bits per heavy atom. The summed E-state index contributed by atoms with van der Waals surface area (Å²) in [6.07, 6.45) is 1.48. The summed E-state index contributed by atoms with van der Waals surface area (Å²) in [6.45, 7) is 5.68. The van der Waals surface area contributed by atoms with Gasteiger partial charge in [0, 0.05) is 23.4 Å². The highest BCUT2D eigenvalue weighted by molar-refractivity contribution is 6.31. The number of hydrazone groups is 1. The van der Waals surface area contributed by atoms with Crippen LogP contribution >= 0.6 is 11.6 Å². The highest BCUT2D eigenvalue weighted by Crippen LogP contribution is 2.29. The average molecular weight is 338 g/mol. The van der Waals surface area contributed by atoms with Gasteiger partial charge in [0.1, 0.15) is 28.7 Å². The van der Waals surface area contributed by atoms with Crippen molar-refractivity contribution in [3.05, 3.63) is 52.6 Å². The SMILES string of the molecule is CC(C)(C)N/N=C(/c1cc(Cl)c(F)cc1O)c1ncccc1O. The molecule has 0 radical (unpaired) electrons. The summed E-state index contributed by atoms with van der Waals surface area (Å²) in [7, 11) is 0. The average Bonchev–Trinajstić information content (AvgIpc) is 2.45. The maximum Gasteiger partial charge on any atom is 0.145 e. The van der Waals surface area contributed by atoms with E-state index in [0.29, 0.717) is 0 Å². The number of aromatic nitrogens is 1. The summed E-state index contributed by atoms with van der Waals surface area (Å²) in [6, 6.07) is 5.13. The van der Waals surface area contributed by atoms with Crippen LogP contribution in [0.5, 0.6) is 11.5 Å². The molecule has 0 bridgehead atoms. The second kappa shape index (κ2) is 6.42. The maximum absolute atomic E-state index is 13.5. The quantitative estimate of drug-likeness (QED) is 0.592. The Labute approximate surface area is 138 Å².